The Kier molecular flexibility index (Phi) is 3.99. The van der Waals surface area contributed by atoms with Crippen molar-refractivity contribution in [3.63, 3.8) is 0 Å². The highest BCUT2D eigenvalue weighted by Crippen LogP contribution is 2.62. The van der Waals surface area contributed by atoms with E-state index in [4.69, 9.17) is 10.5 Å². The van der Waals surface area contributed by atoms with E-state index in [1.165, 1.54) is 0 Å². The molecule has 0 unspecified atom stereocenters. The van der Waals surface area contributed by atoms with E-state index in [9.17, 15) is 8.42 Å². The summed E-state index contributed by atoms with van der Waals surface area (Å²) in [6, 6.07) is 9.72. The largest absolute Gasteiger partial charge is 0.384 e. The average molecular weight is 283 g/mol. The van der Waals surface area contributed by atoms with Gasteiger partial charge in [-0.15, -0.1) is 0 Å². The molecule has 2 rings (SSSR count). The third-order valence-electron chi connectivity index (χ3n) is 4.12. The second-order valence-electron chi connectivity index (χ2n) is 5.13. The molecule has 19 heavy (non-hydrogen) atoms. The lowest BCUT2D eigenvalue weighted by Gasteiger charge is -2.14. The van der Waals surface area contributed by atoms with E-state index in [0.29, 0.717) is 13.2 Å². The maximum atomic E-state index is 12.3. The number of hydrogen-bond donors (Lipinski definition) is 1. The number of ether oxygens (including phenoxy) is 1. The first-order valence-corrected chi connectivity index (χ1v) is 8.20. The molecule has 1 aromatic rings. The fraction of sp³-hybridized carbons (Fsp3) is 0.571. The third kappa shape index (κ3) is 2.30. The van der Waals surface area contributed by atoms with Gasteiger partial charge in [-0.3, -0.25) is 0 Å². The first kappa shape index (κ1) is 14.5. The molecule has 1 aliphatic rings. The van der Waals surface area contributed by atoms with Crippen molar-refractivity contribution in [3.05, 3.63) is 35.9 Å². The molecule has 0 amide bonds. The summed E-state index contributed by atoms with van der Waals surface area (Å²) in [5.74, 6) is 0.0931. The minimum atomic E-state index is -3.12. The maximum absolute atomic E-state index is 12.3. The molecule has 0 spiro atoms. The topological polar surface area (TPSA) is 69.4 Å². The van der Waals surface area contributed by atoms with E-state index in [2.05, 4.69) is 0 Å². The van der Waals surface area contributed by atoms with Gasteiger partial charge in [0, 0.05) is 30.7 Å². The summed E-state index contributed by atoms with van der Waals surface area (Å²) in [5.41, 5.74) is 6.45. The quantitative estimate of drug-likeness (QED) is 0.851. The first-order chi connectivity index (χ1) is 9.03. The number of nitrogens with two attached hydrogens (primary N) is 1. The van der Waals surface area contributed by atoms with E-state index >= 15 is 0 Å². The average Bonchev–Trinajstić information content (AvgIpc) is 3.10. The molecule has 2 N–H and O–H groups in total. The molecule has 5 heteroatoms. The van der Waals surface area contributed by atoms with Gasteiger partial charge in [-0.05, 0) is 5.56 Å². The van der Waals surface area contributed by atoms with Crippen LogP contribution < -0.4 is 5.73 Å². The van der Waals surface area contributed by atoms with Gasteiger partial charge in [0.1, 0.15) is 0 Å². The van der Waals surface area contributed by atoms with Gasteiger partial charge < -0.3 is 10.5 Å². The molecular formula is C14H21NO3S. The van der Waals surface area contributed by atoms with Gasteiger partial charge >= 0.3 is 0 Å². The van der Waals surface area contributed by atoms with E-state index in [1.54, 1.807) is 14.0 Å². The molecule has 0 heterocycles. The monoisotopic (exact) mass is 283 g/mol. The van der Waals surface area contributed by atoms with Crippen molar-refractivity contribution in [1.29, 1.82) is 0 Å². The fourth-order valence-electron chi connectivity index (χ4n) is 3.11. The van der Waals surface area contributed by atoms with E-state index in [-0.39, 0.29) is 11.7 Å². The lowest BCUT2D eigenvalue weighted by Crippen LogP contribution is -2.28. The summed E-state index contributed by atoms with van der Waals surface area (Å²) < 4.78 is 29.8. The van der Waals surface area contributed by atoms with Crippen molar-refractivity contribution in [2.75, 3.05) is 26.0 Å². The molecule has 1 aromatic carbocycles. The Labute approximate surface area is 114 Å². The molecule has 1 fully saturated rings. The summed E-state index contributed by atoms with van der Waals surface area (Å²) >= 11 is 0. The molecule has 1 saturated carbocycles. The van der Waals surface area contributed by atoms with Crippen molar-refractivity contribution >= 4 is 9.84 Å². The predicted octanol–water partition coefficient (Wildman–Crippen LogP) is 1.18. The highest BCUT2D eigenvalue weighted by Gasteiger charge is 2.69. The molecule has 4 nitrogen and oxygen atoms in total. The van der Waals surface area contributed by atoms with Gasteiger partial charge in [0.15, 0.2) is 9.84 Å². The van der Waals surface area contributed by atoms with Crippen LogP contribution in [0.25, 0.3) is 0 Å². The second-order valence-corrected chi connectivity index (χ2v) is 7.54. The van der Waals surface area contributed by atoms with Crippen LogP contribution in [0.4, 0.5) is 0 Å². The van der Waals surface area contributed by atoms with Crippen molar-refractivity contribution < 1.29 is 13.2 Å². The SMILES string of the molecule is CCS(=O)(=O)[C@@H]1[C@H](c2ccccc2)[C@]1(CN)COC. The zero-order valence-electron chi connectivity index (χ0n) is 11.4. The minimum absolute atomic E-state index is 0.0522. The molecule has 1 aliphatic carbocycles. The van der Waals surface area contributed by atoms with E-state index in [0.717, 1.165) is 5.56 Å². The molecule has 3 atom stereocenters. The Morgan fingerprint density at radius 1 is 1.32 bits per heavy atom. The Bertz CT molecular complexity index is 529. The lowest BCUT2D eigenvalue weighted by molar-refractivity contribution is 0.142. The summed E-state index contributed by atoms with van der Waals surface area (Å²) in [4.78, 5) is 0. The third-order valence-corrected chi connectivity index (χ3v) is 6.44. The number of hydrogen-bond acceptors (Lipinski definition) is 4. The van der Waals surface area contributed by atoms with Crippen LogP contribution in [0.3, 0.4) is 0 Å². The first-order valence-electron chi connectivity index (χ1n) is 6.49. The summed E-state index contributed by atoms with van der Waals surface area (Å²) in [5, 5.41) is -0.419. The van der Waals surface area contributed by atoms with Crippen LogP contribution in [0.2, 0.25) is 0 Å². The Morgan fingerprint density at radius 2 is 1.95 bits per heavy atom. The van der Waals surface area contributed by atoms with E-state index in [1.807, 2.05) is 30.3 Å². The molecule has 0 radical (unpaired) electrons. The standard InChI is InChI=1S/C14H21NO3S/c1-3-19(16,17)13-12(11-7-5-4-6-8-11)14(13,9-15)10-18-2/h4-8,12-13H,3,9-10,15H2,1-2H3/t12-,13+,14-/m0/s1. The molecule has 0 saturated heterocycles. The zero-order valence-corrected chi connectivity index (χ0v) is 12.2. The van der Waals surface area contributed by atoms with Gasteiger partial charge in [0.25, 0.3) is 0 Å². The molecule has 0 aliphatic heterocycles. The zero-order chi connectivity index (χ0) is 14.1. The molecular weight excluding hydrogens is 262 g/mol. The Balaban J connectivity index is 2.41. The molecule has 106 valence electrons. The van der Waals surface area contributed by atoms with Crippen LogP contribution in [-0.4, -0.2) is 39.7 Å². The van der Waals surface area contributed by atoms with Gasteiger partial charge in [-0.2, -0.15) is 0 Å². The Hall–Kier alpha value is -0.910. The van der Waals surface area contributed by atoms with Gasteiger partial charge in [-0.25, -0.2) is 8.42 Å². The van der Waals surface area contributed by atoms with Crippen LogP contribution in [-0.2, 0) is 14.6 Å². The highest BCUT2D eigenvalue weighted by atomic mass is 32.2. The molecule has 0 aromatic heterocycles. The van der Waals surface area contributed by atoms with Crippen LogP contribution in [0.15, 0.2) is 30.3 Å². The van der Waals surface area contributed by atoms with Gasteiger partial charge in [-0.1, -0.05) is 37.3 Å². The van der Waals surface area contributed by atoms with Crippen molar-refractivity contribution in [2.24, 2.45) is 11.1 Å². The summed E-state index contributed by atoms with van der Waals surface area (Å²) in [7, 11) is -1.53. The molecule has 0 bridgehead atoms. The number of benzene rings is 1. The van der Waals surface area contributed by atoms with Gasteiger partial charge in [0.05, 0.1) is 11.9 Å². The summed E-state index contributed by atoms with van der Waals surface area (Å²) in [6.45, 7) is 2.39. The van der Waals surface area contributed by atoms with Crippen LogP contribution >= 0.6 is 0 Å². The second kappa shape index (κ2) is 5.23. The number of sulfone groups is 1. The summed E-state index contributed by atoms with van der Waals surface area (Å²) in [6.07, 6.45) is 0. The number of rotatable bonds is 6. The predicted molar refractivity (Wildman–Crippen MR) is 75.8 cm³/mol. The van der Waals surface area contributed by atoms with Crippen LogP contribution in [0.5, 0.6) is 0 Å². The Morgan fingerprint density at radius 3 is 2.42 bits per heavy atom. The maximum Gasteiger partial charge on any atom is 0.154 e. The van der Waals surface area contributed by atoms with Crippen LogP contribution in [0, 0.1) is 5.41 Å². The smallest absolute Gasteiger partial charge is 0.154 e. The lowest BCUT2D eigenvalue weighted by atomic mass is 10.0. The van der Waals surface area contributed by atoms with Crippen molar-refractivity contribution in [1.82, 2.24) is 0 Å². The van der Waals surface area contributed by atoms with E-state index < -0.39 is 20.5 Å². The van der Waals surface area contributed by atoms with Crippen LogP contribution in [0.1, 0.15) is 18.4 Å². The van der Waals surface area contributed by atoms with Crippen molar-refractivity contribution in [2.45, 2.75) is 18.1 Å². The fourth-order valence-corrected chi connectivity index (χ4v) is 5.26. The van der Waals surface area contributed by atoms with Crippen molar-refractivity contribution in [3.8, 4) is 0 Å². The minimum Gasteiger partial charge on any atom is -0.384 e. The highest BCUT2D eigenvalue weighted by molar-refractivity contribution is 7.92. The van der Waals surface area contributed by atoms with Gasteiger partial charge in [0.2, 0.25) is 0 Å². The number of methoxy groups -OCH3 is 1. The normalized spacial score (nSPS) is 30.3.